The van der Waals surface area contributed by atoms with Crippen LogP contribution < -0.4 is 5.32 Å². The van der Waals surface area contributed by atoms with Crippen molar-refractivity contribution in [1.29, 1.82) is 0 Å². The minimum Gasteiger partial charge on any atom is -0.341 e. The topological polar surface area (TPSA) is 69.7 Å². The summed E-state index contributed by atoms with van der Waals surface area (Å²) in [5, 5.41) is 2.65. The third-order valence-corrected chi connectivity index (χ3v) is 4.90. The van der Waals surface area contributed by atoms with Gasteiger partial charge in [0.05, 0.1) is 0 Å². The van der Waals surface area contributed by atoms with E-state index in [1.165, 1.54) is 0 Å². The Morgan fingerprint density at radius 3 is 2.50 bits per heavy atom. The van der Waals surface area contributed by atoms with Gasteiger partial charge in [-0.2, -0.15) is 0 Å². The Hall–Kier alpha value is -1.59. The molecule has 1 N–H and O–H groups in total. The number of hydrogen-bond acceptors (Lipinski definition) is 3. The predicted molar refractivity (Wildman–Crippen MR) is 83.1 cm³/mol. The SMILES string of the molecule is CCC[C@H]1NC(=O)N(CC(=O)N(C)C2CCC(C)CC2)C1=O. The van der Waals surface area contributed by atoms with E-state index in [1.54, 1.807) is 11.9 Å². The molecule has 22 heavy (non-hydrogen) atoms. The fourth-order valence-corrected chi connectivity index (χ4v) is 3.29. The van der Waals surface area contributed by atoms with E-state index in [4.69, 9.17) is 0 Å². The summed E-state index contributed by atoms with van der Waals surface area (Å²) in [5.41, 5.74) is 0. The van der Waals surface area contributed by atoms with Crippen LogP contribution in [0.5, 0.6) is 0 Å². The Bertz CT molecular complexity index is 444. The maximum absolute atomic E-state index is 12.4. The standard InChI is InChI=1S/C16H27N3O3/c1-4-5-13-15(21)19(16(22)17-13)10-14(20)18(3)12-8-6-11(2)7-9-12/h11-13H,4-10H2,1-3H3,(H,17,22)/t11?,12?,13-/m1/s1. The molecule has 4 amide bonds. The second-order valence-corrected chi connectivity index (χ2v) is 6.63. The Morgan fingerprint density at radius 1 is 1.27 bits per heavy atom. The van der Waals surface area contributed by atoms with Crippen molar-refractivity contribution in [3.8, 4) is 0 Å². The van der Waals surface area contributed by atoms with Crippen molar-refractivity contribution in [2.75, 3.05) is 13.6 Å². The first kappa shape index (κ1) is 16.8. The summed E-state index contributed by atoms with van der Waals surface area (Å²) in [4.78, 5) is 39.2. The minimum atomic E-state index is -0.467. The fraction of sp³-hybridized carbons (Fsp3) is 0.812. The number of amides is 4. The third-order valence-electron chi connectivity index (χ3n) is 4.90. The second kappa shape index (κ2) is 7.11. The molecular weight excluding hydrogens is 282 g/mol. The van der Waals surface area contributed by atoms with Crippen LogP contribution >= 0.6 is 0 Å². The van der Waals surface area contributed by atoms with Crippen LogP contribution in [-0.4, -0.2) is 53.3 Å². The van der Waals surface area contributed by atoms with Crippen LogP contribution in [0.4, 0.5) is 4.79 Å². The summed E-state index contributed by atoms with van der Waals surface area (Å²) >= 11 is 0. The smallest absolute Gasteiger partial charge is 0.325 e. The number of carbonyl (C=O) groups excluding carboxylic acids is 3. The van der Waals surface area contributed by atoms with E-state index in [0.29, 0.717) is 6.42 Å². The largest absolute Gasteiger partial charge is 0.341 e. The van der Waals surface area contributed by atoms with Crippen LogP contribution in [0, 0.1) is 5.92 Å². The van der Waals surface area contributed by atoms with Gasteiger partial charge in [-0.3, -0.25) is 14.5 Å². The lowest BCUT2D eigenvalue weighted by atomic mass is 9.87. The molecule has 2 aliphatic rings. The molecule has 0 bridgehead atoms. The molecule has 1 aliphatic carbocycles. The van der Waals surface area contributed by atoms with Crippen LogP contribution in [0.25, 0.3) is 0 Å². The number of nitrogens with one attached hydrogen (secondary N) is 1. The quantitative estimate of drug-likeness (QED) is 0.787. The first-order chi connectivity index (χ1) is 10.4. The summed E-state index contributed by atoms with van der Waals surface area (Å²) in [6.07, 6.45) is 5.70. The first-order valence-electron chi connectivity index (χ1n) is 8.31. The molecule has 124 valence electrons. The highest BCUT2D eigenvalue weighted by Crippen LogP contribution is 2.26. The molecule has 1 saturated heterocycles. The molecule has 0 aromatic heterocycles. The highest BCUT2D eigenvalue weighted by atomic mass is 16.2. The lowest BCUT2D eigenvalue weighted by molar-refractivity contribution is -0.138. The zero-order valence-electron chi connectivity index (χ0n) is 13.8. The van der Waals surface area contributed by atoms with Gasteiger partial charge in [-0.05, 0) is 38.0 Å². The molecule has 1 atom stereocenters. The van der Waals surface area contributed by atoms with Crippen molar-refractivity contribution in [3.63, 3.8) is 0 Å². The van der Waals surface area contributed by atoms with Gasteiger partial charge < -0.3 is 10.2 Å². The number of urea groups is 1. The van der Waals surface area contributed by atoms with Crippen LogP contribution in [0.2, 0.25) is 0 Å². The maximum Gasteiger partial charge on any atom is 0.325 e. The summed E-state index contributed by atoms with van der Waals surface area (Å²) in [7, 11) is 1.78. The molecular formula is C16H27N3O3. The third kappa shape index (κ3) is 3.59. The van der Waals surface area contributed by atoms with E-state index < -0.39 is 12.1 Å². The van der Waals surface area contributed by atoms with E-state index >= 15 is 0 Å². The Labute approximate surface area is 132 Å². The number of likely N-dealkylation sites (N-methyl/N-ethyl adjacent to an activating group) is 1. The van der Waals surface area contributed by atoms with Gasteiger partial charge in [-0.25, -0.2) is 4.79 Å². The van der Waals surface area contributed by atoms with Gasteiger partial charge in [-0.1, -0.05) is 20.3 Å². The van der Waals surface area contributed by atoms with E-state index in [9.17, 15) is 14.4 Å². The zero-order chi connectivity index (χ0) is 16.3. The Kier molecular flexibility index (Phi) is 5.42. The van der Waals surface area contributed by atoms with E-state index in [0.717, 1.165) is 42.9 Å². The Balaban J connectivity index is 1.91. The average molecular weight is 309 g/mol. The summed E-state index contributed by atoms with van der Waals surface area (Å²) in [6, 6.07) is -0.676. The molecule has 0 unspecified atom stereocenters. The fourth-order valence-electron chi connectivity index (χ4n) is 3.29. The molecule has 0 aromatic carbocycles. The molecule has 6 nitrogen and oxygen atoms in total. The number of hydrogen-bond donors (Lipinski definition) is 1. The average Bonchev–Trinajstić information content (AvgIpc) is 2.75. The van der Waals surface area contributed by atoms with Gasteiger partial charge in [0.15, 0.2) is 0 Å². The lowest BCUT2D eigenvalue weighted by Crippen LogP contribution is -2.46. The first-order valence-corrected chi connectivity index (χ1v) is 8.31. The van der Waals surface area contributed by atoms with Crippen molar-refractivity contribution >= 4 is 17.8 Å². The number of imide groups is 1. The number of carbonyl (C=O) groups is 3. The molecule has 1 saturated carbocycles. The van der Waals surface area contributed by atoms with Gasteiger partial charge in [0.1, 0.15) is 12.6 Å². The van der Waals surface area contributed by atoms with Crippen molar-refractivity contribution in [2.24, 2.45) is 5.92 Å². The normalized spacial score (nSPS) is 28.7. The van der Waals surface area contributed by atoms with Crippen molar-refractivity contribution in [1.82, 2.24) is 15.1 Å². The van der Waals surface area contributed by atoms with Gasteiger partial charge >= 0.3 is 6.03 Å². The van der Waals surface area contributed by atoms with Gasteiger partial charge in [0.2, 0.25) is 5.91 Å². The van der Waals surface area contributed by atoms with Gasteiger partial charge in [0.25, 0.3) is 5.91 Å². The summed E-state index contributed by atoms with van der Waals surface area (Å²) < 4.78 is 0. The highest BCUT2D eigenvalue weighted by molar-refractivity contribution is 6.06. The molecule has 6 heteroatoms. The molecule has 2 rings (SSSR count). The summed E-state index contributed by atoms with van der Waals surface area (Å²) in [6.45, 7) is 4.05. The Morgan fingerprint density at radius 2 is 1.91 bits per heavy atom. The highest BCUT2D eigenvalue weighted by Gasteiger charge is 2.39. The second-order valence-electron chi connectivity index (χ2n) is 6.63. The van der Waals surface area contributed by atoms with Crippen molar-refractivity contribution < 1.29 is 14.4 Å². The molecule has 1 heterocycles. The van der Waals surface area contributed by atoms with Crippen LogP contribution in [0.1, 0.15) is 52.4 Å². The number of nitrogens with zero attached hydrogens (tertiary/aromatic N) is 2. The lowest BCUT2D eigenvalue weighted by Gasteiger charge is -2.34. The van der Waals surface area contributed by atoms with Crippen molar-refractivity contribution in [2.45, 2.75) is 64.5 Å². The van der Waals surface area contributed by atoms with Crippen LogP contribution in [0.15, 0.2) is 0 Å². The zero-order valence-corrected chi connectivity index (χ0v) is 13.8. The van der Waals surface area contributed by atoms with Gasteiger partial charge in [0, 0.05) is 13.1 Å². The molecule has 1 aliphatic heterocycles. The van der Waals surface area contributed by atoms with E-state index in [-0.39, 0.29) is 24.4 Å². The molecule has 0 spiro atoms. The molecule has 2 fully saturated rings. The van der Waals surface area contributed by atoms with Crippen molar-refractivity contribution in [3.05, 3.63) is 0 Å². The minimum absolute atomic E-state index is 0.145. The van der Waals surface area contributed by atoms with E-state index in [1.807, 2.05) is 6.92 Å². The van der Waals surface area contributed by atoms with Gasteiger partial charge in [-0.15, -0.1) is 0 Å². The monoisotopic (exact) mass is 309 g/mol. The summed E-state index contributed by atoms with van der Waals surface area (Å²) in [5.74, 6) is 0.298. The molecule has 0 radical (unpaired) electrons. The number of rotatable bonds is 5. The molecule has 0 aromatic rings. The van der Waals surface area contributed by atoms with Crippen LogP contribution in [0.3, 0.4) is 0 Å². The van der Waals surface area contributed by atoms with E-state index in [2.05, 4.69) is 12.2 Å². The predicted octanol–water partition coefficient (Wildman–Crippen LogP) is 1.74. The maximum atomic E-state index is 12.4. The van der Waals surface area contributed by atoms with Crippen LogP contribution in [-0.2, 0) is 9.59 Å².